The van der Waals surface area contributed by atoms with E-state index in [0.717, 1.165) is 42.5 Å². The molecule has 0 saturated heterocycles. The van der Waals surface area contributed by atoms with Gasteiger partial charge in [-0.2, -0.15) is 0 Å². The Morgan fingerprint density at radius 2 is 2.13 bits per heavy atom. The molecule has 0 fully saturated rings. The second-order valence-electron chi connectivity index (χ2n) is 3.27. The fourth-order valence-corrected chi connectivity index (χ4v) is 2.33. The van der Waals surface area contributed by atoms with E-state index in [1.165, 1.54) is 0 Å². The summed E-state index contributed by atoms with van der Waals surface area (Å²) >= 11 is 5.24. The number of hydrogen-bond donors (Lipinski definition) is 0. The summed E-state index contributed by atoms with van der Waals surface area (Å²) in [5, 5.41) is 10.4. The Bertz CT molecular complexity index is 280. The Hall–Kier alpha value is -0.0000000000000000833. The van der Waals surface area contributed by atoms with Gasteiger partial charge < -0.3 is 4.74 Å². The number of rotatable bonds is 7. The van der Waals surface area contributed by atoms with E-state index in [2.05, 4.69) is 40.0 Å². The molecule has 0 aliphatic heterocycles. The summed E-state index contributed by atoms with van der Waals surface area (Å²) < 4.78 is 5.41. The zero-order chi connectivity index (χ0) is 11.1. The van der Waals surface area contributed by atoms with Gasteiger partial charge in [0.1, 0.15) is 10.0 Å². The fourth-order valence-electron chi connectivity index (χ4n) is 1.07. The Balaban J connectivity index is 2.33. The first-order valence-electron chi connectivity index (χ1n) is 5.32. The summed E-state index contributed by atoms with van der Waals surface area (Å²) in [4.78, 5) is 0.348. The number of ether oxygens (including phenoxy) is 1. The minimum atomic E-state index is 0.348. The number of nitrogens with zero attached hydrogens (tertiary/aromatic N) is 2. The molecule has 1 unspecified atom stereocenters. The zero-order valence-electron chi connectivity index (χ0n) is 9.20. The highest BCUT2D eigenvalue weighted by Gasteiger charge is 2.11. The van der Waals surface area contributed by atoms with Crippen LogP contribution in [-0.2, 0) is 11.2 Å². The van der Waals surface area contributed by atoms with Crippen LogP contribution in [0.15, 0.2) is 0 Å². The van der Waals surface area contributed by atoms with Gasteiger partial charge in [0.25, 0.3) is 0 Å². The molecule has 0 spiro atoms. The quantitative estimate of drug-likeness (QED) is 0.571. The van der Waals surface area contributed by atoms with Gasteiger partial charge in [0.15, 0.2) is 0 Å². The lowest BCUT2D eigenvalue weighted by Crippen LogP contribution is -1.98. The summed E-state index contributed by atoms with van der Waals surface area (Å²) in [5.41, 5.74) is 0. The van der Waals surface area contributed by atoms with Crippen molar-refractivity contribution in [2.45, 2.75) is 37.9 Å². The normalized spacial score (nSPS) is 13.0. The van der Waals surface area contributed by atoms with Crippen LogP contribution in [0.5, 0.6) is 0 Å². The van der Waals surface area contributed by atoms with Crippen molar-refractivity contribution in [1.82, 2.24) is 10.2 Å². The van der Waals surface area contributed by atoms with E-state index in [1.54, 1.807) is 11.3 Å². The summed E-state index contributed by atoms with van der Waals surface area (Å²) in [6, 6.07) is 0. The molecule has 0 bridgehead atoms. The van der Waals surface area contributed by atoms with Gasteiger partial charge in [-0.05, 0) is 12.8 Å². The van der Waals surface area contributed by atoms with Gasteiger partial charge >= 0.3 is 0 Å². The van der Waals surface area contributed by atoms with Crippen molar-refractivity contribution < 1.29 is 4.74 Å². The molecule has 1 aromatic rings. The van der Waals surface area contributed by atoms with Crippen LogP contribution in [0.25, 0.3) is 0 Å². The van der Waals surface area contributed by atoms with E-state index in [4.69, 9.17) is 4.74 Å². The van der Waals surface area contributed by atoms with Crippen molar-refractivity contribution in [1.29, 1.82) is 0 Å². The lowest BCUT2D eigenvalue weighted by atomic mass is 10.4. The Morgan fingerprint density at radius 3 is 2.80 bits per heavy atom. The lowest BCUT2D eigenvalue weighted by molar-refractivity contribution is 0.138. The van der Waals surface area contributed by atoms with E-state index in [-0.39, 0.29) is 0 Å². The molecule has 1 heterocycles. The average Bonchev–Trinajstić information content (AvgIpc) is 2.72. The largest absolute Gasteiger partial charge is 0.381 e. The molecular formula is C10H17BrN2OS. The van der Waals surface area contributed by atoms with Crippen LogP contribution in [-0.4, -0.2) is 23.4 Å². The second-order valence-corrected chi connectivity index (χ2v) is 5.47. The van der Waals surface area contributed by atoms with Crippen molar-refractivity contribution in [2.75, 3.05) is 13.2 Å². The summed E-state index contributed by atoms with van der Waals surface area (Å²) in [5.74, 6) is 0. The number of hydrogen-bond acceptors (Lipinski definition) is 4. The molecule has 3 nitrogen and oxygen atoms in total. The number of aromatic nitrogens is 2. The highest BCUT2D eigenvalue weighted by atomic mass is 79.9. The summed E-state index contributed by atoms with van der Waals surface area (Å²) in [6.45, 7) is 5.83. The minimum absolute atomic E-state index is 0.348. The van der Waals surface area contributed by atoms with E-state index in [0.29, 0.717) is 4.83 Å². The SMILES string of the molecule is CCCOCCc1nnc(C(Br)CC)s1. The van der Waals surface area contributed by atoms with Gasteiger partial charge in [-0.3, -0.25) is 0 Å². The maximum atomic E-state index is 5.41. The lowest BCUT2D eigenvalue weighted by Gasteiger charge is -1.99. The molecule has 86 valence electrons. The molecule has 0 aliphatic carbocycles. The Kier molecular flexibility index (Phi) is 6.36. The smallest absolute Gasteiger partial charge is 0.131 e. The molecule has 5 heteroatoms. The van der Waals surface area contributed by atoms with Crippen LogP contribution in [0, 0.1) is 0 Å². The van der Waals surface area contributed by atoms with Crippen molar-refractivity contribution in [3.05, 3.63) is 10.0 Å². The van der Waals surface area contributed by atoms with Gasteiger partial charge in [-0.1, -0.05) is 29.8 Å². The third kappa shape index (κ3) is 4.57. The highest BCUT2D eigenvalue weighted by molar-refractivity contribution is 9.09. The highest BCUT2D eigenvalue weighted by Crippen LogP contribution is 2.28. The van der Waals surface area contributed by atoms with Crippen molar-refractivity contribution in [3.63, 3.8) is 0 Å². The summed E-state index contributed by atoms with van der Waals surface area (Å²) in [6.07, 6.45) is 2.99. The molecule has 0 N–H and O–H groups in total. The second kappa shape index (κ2) is 7.30. The monoisotopic (exact) mass is 292 g/mol. The van der Waals surface area contributed by atoms with Gasteiger partial charge in [0.05, 0.1) is 11.4 Å². The third-order valence-electron chi connectivity index (χ3n) is 1.92. The first-order valence-corrected chi connectivity index (χ1v) is 7.05. The van der Waals surface area contributed by atoms with Crippen LogP contribution < -0.4 is 0 Å². The summed E-state index contributed by atoms with van der Waals surface area (Å²) in [7, 11) is 0. The average molecular weight is 293 g/mol. The molecule has 0 amide bonds. The van der Waals surface area contributed by atoms with E-state index in [1.807, 2.05) is 0 Å². The van der Waals surface area contributed by atoms with E-state index < -0.39 is 0 Å². The van der Waals surface area contributed by atoms with Crippen molar-refractivity contribution in [2.24, 2.45) is 0 Å². The van der Waals surface area contributed by atoms with Gasteiger partial charge in [-0.15, -0.1) is 21.5 Å². The molecule has 0 radical (unpaired) electrons. The first kappa shape index (κ1) is 13.1. The predicted molar refractivity (Wildman–Crippen MR) is 66.7 cm³/mol. The maximum Gasteiger partial charge on any atom is 0.131 e. The van der Waals surface area contributed by atoms with Crippen LogP contribution in [0.2, 0.25) is 0 Å². The van der Waals surface area contributed by atoms with Gasteiger partial charge in [-0.25, -0.2) is 0 Å². The van der Waals surface area contributed by atoms with Crippen molar-refractivity contribution >= 4 is 27.3 Å². The number of alkyl halides is 1. The molecule has 0 saturated carbocycles. The standard InChI is InChI=1S/C10H17BrN2OS/c1-3-6-14-7-5-9-12-13-10(15-9)8(11)4-2/h8H,3-7H2,1-2H3. The van der Waals surface area contributed by atoms with E-state index >= 15 is 0 Å². The minimum Gasteiger partial charge on any atom is -0.381 e. The Morgan fingerprint density at radius 1 is 1.33 bits per heavy atom. The molecular weight excluding hydrogens is 276 g/mol. The van der Waals surface area contributed by atoms with E-state index in [9.17, 15) is 0 Å². The molecule has 1 rings (SSSR count). The molecule has 1 aromatic heterocycles. The predicted octanol–water partition coefficient (Wildman–Crippen LogP) is 3.35. The first-order chi connectivity index (χ1) is 7.27. The third-order valence-corrected chi connectivity index (χ3v) is 4.40. The molecule has 15 heavy (non-hydrogen) atoms. The fraction of sp³-hybridized carbons (Fsp3) is 0.800. The topological polar surface area (TPSA) is 35.0 Å². The molecule has 0 aromatic carbocycles. The Labute approximate surface area is 103 Å². The van der Waals surface area contributed by atoms with Crippen LogP contribution in [0.4, 0.5) is 0 Å². The number of halogens is 1. The molecule has 0 aliphatic rings. The van der Waals surface area contributed by atoms with Gasteiger partial charge in [0.2, 0.25) is 0 Å². The molecule has 1 atom stereocenters. The maximum absolute atomic E-state index is 5.41. The van der Waals surface area contributed by atoms with Crippen LogP contribution in [0.1, 0.15) is 41.5 Å². The van der Waals surface area contributed by atoms with Crippen molar-refractivity contribution in [3.8, 4) is 0 Å². The van der Waals surface area contributed by atoms with Gasteiger partial charge in [0, 0.05) is 13.0 Å². The van der Waals surface area contributed by atoms with Crippen LogP contribution in [0.3, 0.4) is 0 Å². The zero-order valence-corrected chi connectivity index (χ0v) is 11.6. The van der Waals surface area contributed by atoms with Crippen LogP contribution >= 0.6 is 27.3 Å².